The summed E-state index contributed by atoms with van der Waals surface area (Å²) >= 11 is 0. The molecule has 0 bridgehead atoms. The van der Waals surface area contributed by atoms with E-state index in [1.165, 1.54) is 0 Å². The van der Waals surface area contributed by atoms with Crippen molar-refractivity contribution in [3.63, 3.8) is 0 Å². The first-order valence-electron chi connectivity index (χ1n) is 0. The molecule has 2 radical (unpaired) electrons. The standard InChI is InChI=1S/Al.Au.Ca.Mg.Mn.Zn.7H/q;;2*+2;;;;;;4*-1. The van der Waals surface area contributed by atoms with Crippen LogP contribution in [0.2, 0.25) is 0 Å². The molecule has 0 aromatic heterocycles. The second-order valence-electron chi connectivity index (χ2n) is 0. The molecular weight excluding hydrogens is 409 g/mol. The molecule has 0 saturated heterocycles. The SMILES string of the molecule is [AlH3].[Au].[Ca+2].[H-].[H-].[H-].[H-].[Mg+2].[Mn].[Zn]. The fraction of sp³-hybridized carbons (Fsp3) is 0. The van der Waals surface area contributed by atoms with Gasteiger partial charge in [0.25, 0.3) is 0 Å². The van der Waals surface area contributed by atoms with Crippen molar-refractivity contribution in [2.45, 2.75) is 0 Å². The Hall–Kier alpha value is 4.44. The Labute approximate surface area is 140 Å². The second-order valence-corrected chi connectivity index (χ2v) is 0. The molecule has 34 valence electrons. The molecule has 0 heterocycles. The third-order valence-corrected chi connectivity index (χ3v) is 0. The largest absolute Gasteiger partial charge is 2.00 e. The third kappa shape index (κ3) is 23.7. The minimum Gasteiger partial charge on any atom is -1.00 e. The van der Waals surface area contributed by atoms with Crippen molar-refractivity contribution >= 4 is 78.2 Å². The minimum absolute atomic E-state index is 0. The van der Waals surface area contributed by atoms with Crippen molar-refractivity contribution < 1.29 is 64.6 Å². The maximum atomic E-state index is 0. The van der Waals surface area contributed by atoms with Crippen LogP contribution in [-0.4, -0.2) is 78.2 Å². The maximum Gasteiger partial charge on any atom is 2.00 e. The number of hydrogen-bond donors (Lipinski definition) is 0. The van der Waals surface area contributed by atoms with Gasteiger partial charge in [-0.15, -0.1) is 0 Å². The molecule has 0 spiro atoms. The summed E-state index contributed by atoms with van der Waals surface area (Å²) in [7, 11) is 0. The Kier molecular flexibility index (Phi) is 268. The molecule has 0 aliphatic carbocycles. The van der Waals surface area contributed by atoms with Crippen molar-refractivity contribution in [2.75, 3.05) is 0 Å². The van der Waals surface area contributed by atoms with Crippen molar-refractivity contribution in [1.29, 1.82) is 0 Å². The number of rotatable bonds is 0. The molecule has 0 saturated carbocycles. The topological polar surface area (TPSA) is 0 Å². The summed E-state index contributed by atoms with van der Waals surface area (Å²) in [5.41, 5.74) is 0. The molecule has 0 N–H and O–H groups in total. The first kappa shape index (κ1) is 47.2. The van der Waals surface area contributed by atoms with Gasteiger partial charge in [0.15, 0.2) is 17.4 Å². The molecule has 0 aliphatic heterocycles. The summed E-state index contributed by atoms with van der Waals surface area (Å²) < 4.78 is 0. The van der Waals surface area contributed by atoms with E-state index in [1.54, 1.807) is 0 Å². The summed E-state index contributed by atoms with van der Waals surface area (Å²) in [5, 5.41) is 0. The third-order valence-electron chi connectivity index (χ3n) is 0. The average molecular weight is 416 g/mol. The van der Waals surface area contributed by atoms with Crippen molar-refractivity contribution in [2.24, 2.45) is 0 Å². The zero-order chi connectivity index (χ0) is 0. The predicted molar refractivity (Wildman–Crippen MR) is 25.9 cm³/mol. The van der Waals surface area contributed by atoms with E-state index in [0.29, 0.717) is 0 Å². The summed E-state index contributed by atoms with van der Waals surface area (Å²) in [6.45, 7) is 0. The molecule has 6 heteroatoms. The van der Waals surface area contributed by atoms with Gasteiger partial charge in [-0.05, 0) is 0 Å². The Morgan fingerprint density at radius 1 is 1.17 bits per heavy atom. The molecule has 0 atom stereocenters. The summed E-state index contributed by atoms with van der Waals surface area (Å²) in [6.07, 6.45) is 0. The predicted octanol–water partition coefficient (Wildman–Crippen LogP) is -1.50. The Morgan fingerprint density at radius 2 is 1.17 bits per heavy atom. The molecule has 0 aliphatic rings. The van der Waals surface area contributed by atoms with E-state index in [2.05, 4.69) is 0 Å². The molecule has 0 nitrogen and oxygen atoms in total. The van der Waals surface area contributed by atoms with Crippen LogP contribution < -0.4 is 0 Å². The fourth-order valence-corrected chi connectivity index (χ4v) is 0. The van der Waals surface area contributed by atoms with Gasteiger partial charge in [0.1, 0.15) is 0 Å². The smallest absolute Gasteiger partial charge is 1.00 e. The van der Waals surface area contributed by atoms with E-state index >= 15 is 0 Å². The summed E-state index contributed by atoms with van der Waals surface area (Å²) in [4.78, 5) is 0. The zero-order valence-electron chi connectivity index (χ0n) is 6.80. The maximum absolute atomic E-state index is 0. The molecule has 0 amide bonds. The van der Waals surface area contributed by atoms with E-state index < -0.39 is 0 Å². The zero-order valence-corrected chi connectivity index (χ0v) is 12.7. The van der Waals surface area contributed by atoms with Gasteiger partial charge >= 0.3 is 60.8 Å². The van der Waals surface area contributed by atoms with E-state index in [4.69, 9.17) is 0 Å². The van der Waals surface area contributed by atoms with Gasteiger partial charge in [0.05, 0.1) is 0 Å². The van der Waals surface area contributed by atoms with Gasteiger partial charge in [0.2, 0.25) is 0 Å². The van der Waals surface area contributed by atoms with Crippen LogP contribution in [0.15, 0.2) is 0 Å². The first-order chi connectivity index (χ1) is 0. The second kappa shape index (κ2) is 34.1. The van der Waals surface area contributed by atoms with E-state index in [9.17, 15) is 0 Å². The van der Waals surface area contributed by atoms with Gasteiger partial charge in [0, 0.05) is 58.9 Å². The van der Waals surface area contributed by atoms with Crippen LogP contribution in [0, 0.1) is 0 Å². The van der Waals surface area contributed by atoms with Crippen molar-refractivity contribution in [1.82, 2.24) is 0 Å². The van der Waals surface area contributed by atoms with Crippen LogP contribution >= 0.6 is 0 Å². The van der Waals surface area contributed by atoms with Crippen molar-refractivity contribution in [3.8, 4) is 0 Å². The molecular formula is H7AlAuCaMgMnZn. The average Bonchev–Trinajstić information content (AvgIpc) is 0. The summed E-state index contributed by atoms with van der Waals surface area (Å²) in [5.74, 6) is 0. The molecule has 0 aromatic carbocycles. The van der Waals surface area contributed by atoms with E-state index in [1.807, 2.05) is 0 Å². The summed E-state index contributed by atoms with van der Waals surface area (Å²) in [6, 6.07) is 0. The first-order valence-corrected chi connectivity index (χ1v) is 0. The Morgan fingerprint density at radius 3 is 1.17 bits per heavy atom. The van der Waals surface area contributed by atoms with Gasteiger partial charge < -0.3 is 5.71 Å². The monoisotopic (exact) mass is 414 g/mol. The van der Waals surface area contributed by atoms with Crippen LogP contribution in [0.1, 0.15) is 5.71 Å². The van der Waals surface area contributed by atoms with Crippen LogP contribution in [-0.2, 0) is 58.9 Å². The van der Waals surface area contributed by atoms with Crippen LogP contribution in [0.25, 0.3) is 0 Å². The van der Waals surface area contributed by atoms with Crippen LogP contribution in [0.3, 0.4) is 0 Å². The quantitative estimate of drug-likeness (QED) is 0.423. The van der Waals surface area contributed by atoms with Gasteiger partial charge in [-0.25, -0.2) is 0 Å². The van der Waals surface area contributed by atoms with Gasteiger partial charge in [-0.2, -0.15) is 0 Å². The normalized spacial score (nSPS) is 0. The molecule has 6 heavy (non-hydrogen) atoms. The van der Waals surface area contributed by atoms with Crippen LogP contribution in [0.4, 0.5) is 0 Å². The van der Waals surface area contributed by atoms with Crippen LogP contribution in [0.5, 0.6) is 0 Å². The van der Waals surface area contributed by atoms with Gasteiger partial charge in [-0.1, -0.05) is 0 Å². The molecule has 0 rings (SSSR count). The molecule has 0 aromatic rings. The van der Waals surface area contributed by atoms with Crippen molar-refractivity contribution in [3.05, 3.63) is 0 Å². The minimum atomic E-state index is 0. The van der Waals surface area contributed by atoms with E-state index in [-0.39, 0.29) is 143 Å². The number of hydrogen-bond acceptors (Lipinski definition) is 0. The fourth-order valence-electron chi connectivity index (χ4n) is 0. The van der Waals surface area contributed by atoms with Gasteiger partial charge in [-0.3, -0.25) is 0 Å². The van der Waals surface area contributed by atoms with E-state index in [0.717, 1.165) is 0 Å². The Bertz CT molecular complexity index is 25.2. The molecule has 0 unspecified atom stereocenters. The molecule has 0 fully saturated rings. The Balaban J connectivity index is 0.